The first-order valence-electron chi connectivity index (χ1n) is 3.62. The molecule has 1 rings (SSSR count). The van der Waals surface area contributed by atoms with Gasteiger partial charge in [-0.05, 0) is 11.9 Å². The second-order valence-corrected chi connectivity index (χ2v) is 2.69. The van der Waals surface area contributed by atoms with Gasteiger partial charge in [0.1, 0.15) is 5.56 Å². The summed E-state index contributed by atoms with van der Waals surface area (Å²) in [5, 5.41) is 9.18. The van der Waals surface area contributed by atoms with Crippen molar-refractivity contribution in [2.45, 2.75) is 20.8 Å². The molecule has 0 radical (unpaired) electrons. The predicted molar refractivity (Wildman–Crippen MR) is 41.1 cm³/mol. The Morgan fingerprint density at radius 2 is 2.17 bits per heavy atom. The minimum atomic E-state index is -0.0825. The van der Waals surface area contributed by atoms with Crippen molar-refractivity contribution in [3.8, 4) is 0 Å². The van der Waals surface area contributed by atoms with E-state index in [1.54, 1.807) is 13.8 Å². The molecule has 0 aromatic carbocycles. The Morgan fingerprint density at radius 1 is 1.58 bits per heavy atom. The van der Waals surface area contributed by atoms with Crippen molar-refractivity contribution in [2.24, 2.45) is 0 Å². The summed E-state index contributed by atoms with van der Waals surface area (Å²) >= 11 is 0. The van der Waals surface area contributed by atoms with Crippen LogP contribution in [-0.2, 0) is 0 Å². The maximum Gasteiger partial charge on any atom is 0.325 e. The molecule has 12 heavy (non-hydrogen) atoms. The van der Waals surface area contributed by atoms with E-state index in [0.717, 1.165) is 4.73 Å². The average Bonchev–Trinajstić information content (AvgIpc) is 1.97. The van der Waals surface area contributed by atoms with E-state index < -0.39 is 0 Å². The van der Waals surface area contributed by atoms with Crippen LogP contribution in [0.3, 0.4) is 0 Å². The fourth-order valence-electron chi connectivity index (χ4n) is 1.18. The summed E-state index contributed by atoms with van der Waals surface area (Å²) in [4.78, 5) is 14.9. The largest absolute Gasteiger partial charge is 0.350 e. The fourth-order valence-corrected chi connectivity index (χ4v) is 1.18. The molecule has 0 saturated carbocycles. The van der Waals surface area contributed by atoms with Gasteiger partial charge in [0.25, 0.3) is 0 Å². The minimum absolute atomic E-state index is 0.0825. The third-order valence-electron chi connectivity index (χ3n) is 1.78. The quantitative estimate of drug-likeness (QED) is 0.375. The molecule has 0 bridgehead atoms. The van der Waals surface area contributed by atoms with Crippen molar-refractivity contribution in [1.29, 1.82) is 0 Å². The first kappa shape index (κ1) is 8.64. The lowest BCUT2D eigenvalue weighted by Gasteiger charge is -1.99. The number of carbonyl (C=O) groups is 1. The SMILES string of the molecule is CC(=O)c1c(C)nc[n+](O)c1C. The van der Waals surface area contributed by atoms with E-state index in [-0.39, 0.29) is 5.78 Å². The Bertz CT molecular complexity index is 334. The van der Waals surface area contributed by atoms with Crippen molar-refractivity contribution in [2.75, 3.05) is 0 Å². The number of nitrogens with zero attached hydrogens (tertiary/aromatic N) is 2. The van der Waals surface area contributed by atoms with Crippen LogP contribution in [0.1, 0.15) is 28.7 Å². The molecule has 1 N–H and O–H groups in total. The predicted octanol–water partition coefficient (Wildman–Crippen LogP) is 0.426. The topological polar surface area (TPSA) is 54.1 Å². The Labute approximate surface area is 70.5 Å². The molecule has 0 aliphatic carbocycles. The number of carbonyl (C=O) groups excluding carboxylic acids is 1. The van der Waals surface area contributed by atoms with Crippen LogP contribution in [0.2, 0.25) is 0 Å². The summed E-state index contributed by atoms with van der Waals surface area (Å²) < 4.78 is 0.851. The molecule has 0 aliphatic rings. The van der Waals surface area contributed by atoms with Gasteiger partial charge < -0.3 is 5.21 Å². The van der Waals surface area contributed by atoms with Crippen LogP contribution < -0.4 is 4.73 Å². The monoisotopic (exact) mass is 167 g/mol. The van der Waals surface area contributed by atoms with Crippen LogP contribution in [-0.4, -0.2) is 16.0 Å². The van der Waals surface area contributed by atoms with Gasteiger partial charge in [-0.3, -0.25) is 4.79 Å². The maximum atomic E-state index is 11.1. The lowest BCUT2D eigenvalue weighted by atomic mass is 10.1. The lowest BCUT2D eigenvalue weighted by molar-refractivity contribution is -0.910. The zero-order valence-corrected chi connectivity index (χ0v) is 7.33. The van der Waals surface area contributed by atoms with E-state index >= 15 is 0 Å². The second-order valence-electron chi connectivity index (χ2n) is 2.69. The van der Waals surface area contributed by atoms with E-state index in [9.17, 15) is 10.0 Å². The number of ketones is 1. The summed E-state index contributed by atoms with van der Waals surface area (Å²) in [5.41, 5.74) is 1.65. The van der Waals surface area contributed by atoms with E-state index in [1.807, 2.05) is 0 Å². The number of Topliss-reactive ketones (excluding diaryl/α,β-unsaturated/α-hetero) is 1. The smallest absolute Gasteiger partial charge is 0.325 e. The highest BCUT2D eigenvalue weighted by atomic mass is 16.5. The van der Waals surface area contributed by atoms with Gasteiger partial charge in [0.05, 0.1) is 0 Å². The molecule has 0 aliphatic heterocycles. The zero-order chi connectivity index (χ0) is 9.30. The van der Waals surface area contributed by atoms with Crippen LogP contribution in [0, 0.1) is 13.8 Å². The average molecular weight is 167 g/mol. The summed E-state index contributed by atoms with van der Waals surface area (Å²) in [7, 11) is 0. The molecule has 1 aromatic rings. The molecule has 0 spiro atoms. The van der Waals surface area contributed by atoms with Gasteiger partial charge in [-0.15, -0.1) is 0 Å². The first-order valence-corrected chi connectivity index (χ1v) is 3.62. The summed E-state index contributed by atoms with van der Waals surface area (Å²) in [6.45, 7) is 4.87. The normalized spacial score (nSPS) is 9.92. The number of rotatable bonds is 1. The summed E-state index contributed by atoms with van der Waals surface area (Å²) in [6.07, 6.45) is 1.27. The van der Waals surface area contributed by atoms with Gasteiger partial charge in [0.15, 0.2) is 17.2 Å². The zero-order valence-electron chi connectivity index (χ0n) is 7.33. The Hall–Kier alpha value is -1.45. The highest BCUT2D eigenvalue weighted by Gasteiger charge is 2.17. The van der Waals surface area contributed by atoms with E-state index in [1.165, 1.54) is 13.3 Å². The van der Waals surface area contributed by atoms with Crippen LogP contribution in [0.15, 0.2) is 6.33 Å². The third-order valence-corrected chi connectivity index (χ3v) is 1.78. The molecule has 1 aromatic heterocycles. The molecule has 0 amide bonds. The molecular formula is C8H11N2O2+. The molecule has 64 valence electrons. The molecule has 0 atom stereocenters. The number of aryl methyl sites for hydroxylation is 1. The second kappa shape index (κ2) is 2.89. The van der Waals surface area contributed by atoms with E-state index in [0.29, 0.717) is 17.0 Å². The molecule has 0 unspecified atom stereocenters. The Morgan fingerprint density at radius 3 is 2.58 bits per heavy atom. The fraction of sp³-hybridized carbons (Fsp3) is 0.375. The van der Waals surface area contributed by atoms with Gasteiger partial charge in [-0.1, -0.05) is 4.73 Å². The summed E-state index contributed by atoms with van der Waals surface area (Å²) in [5.74, 6) is -0.0825. The van der Waals surface area contributed by atoms with Crippen LogP contribution >= 0.6 is 0 Å². The third kappa shape index (κ3) is 1.28. The van der Waals surface area contributed by atoms with Crippen LogP contribution in [0.5, 0.6) is 0 Å². The summed E-state index contributed by atoms with van der Waals surface area (Å²) in [6, 6.07) is 0. The molecule has 1 heterocycles. The molecule has 4 heteroatoms. The van der Waals surface area contributed by atoms with Gasteiger partial charge in [0, 0.05) is 13.8 Å². The van der Waals surface area contributed by atoms with Gasteiger partial charge in [-0.25, -0.2) is 0 Å². The van der Waals surface area contributed by atoms with Crippen molar-refractivity contribution < 1.29 is 14.7 Å². The van der Waals surface area contributed by atoms with Crippen molar-refractivity contribution in [1.82, 2.24) is 4.98 Å². The highest BCUT2D eigenvalue weighted by molar-refractivity contribution is 5.95. The van der Waals surface area contributed by atoms with Crippen molar-refractivity contribution in [3.63, 3.8) is 0 Å². The highest BCUT2D eigenvalue weighted by Crippen LogP contribution is 2.06. The number of hydrogen-bond acceptors (Lipinski definition) is 3. The van der Waals surface area contributed by atoms with Crippen molar-refractivity contribution in [3.05, 3.63) is 23.3 Å². The Kier molecular flexibility index (Phi) is 2.08. The van der Waals surface area contributed by atoms with E-state index in [2.05, 4.69) is 4.98 Å². The molecular weight excluding hydrogens is 156 g/mol. The maximum absolute atomic E-state index is 11.1. The van der Waals surface area contributed by atoms with E-state index in [4.69, 9.17) is 0 Å². The van der Waals surface area contributed by atoms with Gasteiger partial charge in [0.2, 0.25) is 0 Å². The molecule has 0 saturated heterocycles. The lowest BCUT2D eigenvalue weighted by Crippen LogP contribution is -2.36. The van der Waals surface area contributed by atoms with Crippen molar-refractivity contribution >= 4 is 5.78 Å². The van der Waals surface area contributed by atoms with Gasteiger partial charge >= 0.3 is 6.33 Å². The number of aromatic nitrogens is 2. The van der Waals surface area contributed by atoms with Crippen LogP contribution in [0.25, 0.3) is 0 Å². The molecule has 0 fully saturated rings. The Balaban J connectivity index is 3.43. The number of hydrogen-bond donors (Lipinski definition) is 1. The minimum Gasteiger partial charge on any atom is -0.350 e. The van der Waals surface area contributed by atoms with Crippen LogP contribution in [0.4, 0.5) is 0 Å². The van der Waals surface area contributed by atoms with Gasteiger partial charge in [-0.2, -0.15) is 0 Å². The first-order chi connectivity index (χ1) is 5.54. The molecule has 4 nitrogen and oxygen atoms in total. The standard InChI is InChI=1S/C8H11N2O2/c1-5-8(7(3)11)6(2)10(12)4-9-5/h4,12H,1-3H3/q+1.